The van der Waals surface area contributed by atoms with Gasteiger partial charge in [0.05, 0.1) is 6.10 Å². The molecule has 0 aliphatic carbocycles. The zero-order valence-corrected chi connectivity index (χ0v) is 13.8. The average molecular weight is 277 g/mol. The quantitative estimate of drug-likeness (QED) is 0.715. The normalized spacial score (nSPS) is 14.8. The lowest BCUT2D eigenvalue weighted by molar-refractivity contribution is 0.0391. The molecule has 0 fully saturated rings. The lowest BCUT2D eigenvalue weighted by atomic mass is 9.99. The van der Waals surface area contributed by atoms with Crippen molar-refractivity contribution >= 4 is 0 Å². The van der Waals surface area contributed by atoms with E-state index >= 15 is 0 Å². The molecule has 20 heavy (non-hydrogen) atoms. The summed E-state index contributed by atoms with van der Waals surface area (Å²) < 4.78 is 0. The van der Waals surface area contributed by atoms with Crippen LogP contribution >= 0.6 is 0 Å². The maximum absolute atomic E-state index is 10.6. The molecule has 114 valence electrons. The number of rotatable bonds is 8. The van der Waals surface area contributed by atoms with Gasteiger partial charge in [-0.3, -0.25) is 4.90 Å². The molecule has 0 saturated heterocycles. The van der Waals surface area contributed by atoms with Crippen LogP contribution < -0.4 is 0 Å². The monoisotopic (exact) mass is 277 g/mol. The standard InChI is InChI=1S/C18H31NO/c1-6-7-8-13-19(14(2)3)16(5)18(20)17-11-9-15(4)10-12-17/h9-12,14,16,18,20H,6-8,13H2,1-5H3. The molecule has 0 spiro atoms. The molecule has 0 aromatic heterocycles. The van der Waals surface area contributed by atoms with Crippen molar-refractivity contribution in [1.29, 1.82) is 0 Å². The molecule has 0 heterocycles. The van der Waals surface area contributed by atoms with Crippen LogP contribution in [0.25, 0.3) is 0 Å². The van der Waals surface area contributed by atoms with Crippen molar-refractivity contribution in [2.24, 2.45) is 0 Å². The van der Waals surface area contributed by atoms with E-state index in [1.165, 1.54) is 24.8 Å². The molecule has 0 radical (unpaired) electrons. The van der Waals surface area contributed by atoms with E-state index in [1.807, 2.05) is 12.1 Å². The lowest BCUT2D eigenvalue weighted by Gasteiger charge is -2.35. The number of aliphatic hydroxyl groups excluding tert-OH is 1. The highest BCUT2D eigenvalue weighted by atomic mass is 16.3. The highest BCUT2D eigenvalue weighted by Crippen LogP contribution is 2.23. The zero-order valence-electron chi connectivity index (χ0n) is 13.8. The first-order valence-corrected chi connectivity index (χ1v) is 7.97. The molecular weight excluding hydrogens is 246 g/mol. The van der Waals surface area contributed by atoms with Crippen LogP contribution in [-0.4, -0.2) is 28.6 Å². The highest BCUT2D eigenvalue weighted by Gasteiger charge is 2.24. The van der Waals surface area contributed by atoms with Crippen LogP contribution in [0.1, 0.15) is 64.2 Å². The summed E-state index contributed by atoms with van der Waals surface area (Å²) in [6.07, 6.45) is 3.29. The Morgan fingerprint density at radius 3 is 2.15 bits per heavy atom. The summed E-state index contributed by atoms with van der Waals surface area (Å²) in [4.78, 5) is 2.42. The number of unbranched alkanes of at least 4 members (excludes halogenated alkanes) is 2. The second-order valence-electron chi connectivity index (χ2n) is 6.13. The Balaban J connectivity index is 2.72. The van der Waals surface area contributed by atoms with Crippen molar-refractivity contribution in [1.82, 2.24) is 4.90 Å². The Bertz CT molecular complexity index is 372. The first-order valence-electron chi connectivity index (χ1n) is 7.97. The van der Waals surface area contributed by atoms with Gasteiger partial charge >= 0.3 is 0 Å². The Kier molecular flexibility index (Phi) is 7.25. The Hall–Kier alpha value is -0.860. The van der Waals surface area contributed by atoms with Crippen LogP contribution in [0.3, 0.4) is 0 Å². The largest absolute Gasteiger partial charge is 0.387 e. The van der Waals surface area contributed by atoms with Crippen LogP contribution in [-0.2, 0) is 0 Å². The molecule has 2 unspecified atom stereocenters. The predicted octanol–water partition coefficient (Wildman–Crippen LogP) is 4.32. The SMILES string of the molecule is CCCCCN(C(C)C)C(C)C(O)c1ccc(C)cc1. The van der Waals surface area contributed by atoms with Crippen LogP contribution in [0.2, 0.25) is 0 Å². The van der Waals surface area contributed by atoms with E-state index in [4.69, 9.17) is 0 Å². The Morgan fingerprint density at radius 1 is 1.05 bits per heavy atom. The van der Waals surface area contributed by atoms with Gasteiger partial charge in [-0.15, -0.1) is 0 Å². The van der Waals surface area contributed by atoms with Crippen molar-refractivity contribution in [2.45, 2.75) is 72.1 Å². The van der Waals surface area contributed by atoms with Gasteiger partial charge in [0.25, 0.3) is 0 Å². The maximum atomic E-state index is 10.6. The molecule has 0 aliphatic rings. The molecule has 1 aromatic rings. The molecule has 0 saturated carbocycles. The Morgan fingerprint density at radius 2 is 1.65 bits per heavy atom. The average Bonchev–Trinajstić information content (AvgIpc) is 2.42. The fourth-order valence-corrected chi connectivity index (χ4v) is 2.70. The molecule has 0 amide bonds. The van der Waals surface area contributed by atoms with Gasteiger partial charge in [0.2, 0.25) is 0 Å². The maximum Gasteiger partial charge on any atom is 0.0942 e. The minimum absolute atomic E-state index is 0.148. The fraction of sp³-hybridized carbons (Fsp3) is 0.667. The summed E-state index contributed by atoms with van der Waals surface area (Å²) in [6, 6.07) is 8.84. The summed E-state index contributed by atoms with van der Waals surface area (Å²) in [5, 5.41) is 10.6. The third kappa shape index (κ3) is 4.92. The summed E-state index contributed by atoms with van der Waals surface area (Å²) >= 11 is 0. The Labute approximate surface area is 124 Å². The van der Waals surface area contributed by atoms with E-state index in [1.54, 1.807) is 0 Å². The summed E-state index contributed by atoms with van der Waals surface area (Å²) in [6.45, 7) is 11.9. The molecule has 0 aliphatic heterocycles. The van der Waals surface area contributed by atoms with Gasteiger partial charge in [0.15, 0.2) is 0 Å². The summed E-state index contributed by atoms with van der Waals surface area (Å²) in [7, 11) is 0. The van der Waals surface area contributed by atoms with Crippen LogP contribution in [0.5, 0.6) is 0 Å². The van der Waals surface area contributed by atoms with Gasteiger partial charge in [-0.1, -0.05) is 49.6 Å². The van der Waals surface area contributed by atoms with Gasteiger partial charge < -0.3 is 5.11 Å². The van der Waals surface area contributed by atoms with Crippen molar-refractivity contribution < 1.29 is 5.11 Å². The molecule has 1 aromatic carbocycles. The number of aryl methyl sites for hydroxylation is 1. The third-order valence-corrected chi connectivity index (χ3v) is 4.08. The van der Waals surface area contributed by atoms with Crippen molar-refractivity contribution in [3.8, 4) is 0 Å². The minimum Gasteiger partial charge on any atom is -0.387 e. The lowest BCUT2D eigenvalue weighted by Crippen LogP contribution is -2.42. The minimum atomic E-state index is -0.417. The number of hydrogen-bond acceptors (Lipinski definition) is 2. The fourth-order valence-electron chi connectivity index (χ4n) is 2.70. The van der Waals surface area contributed by atoms with Crippen molar-refractivity contribution in [3.63, 3.8) is 0 Å². The number of aliphatic hydroxyl groups is 1. The second-order valence-corrected chi connectivity index (χ2v) is 6.13. The second kappa shape index (κ2) is 8.43. The molecular formula is C18H31NO. The number of hydrogen-bond donors (Lipinski definition) is 1. The van der Waals surface area contributed by atoms with Crippen molar-refractivity contribution in [3.05, 3.63) is 35.4 Å². The predicted molar refractivity (Wildman–Crippen MR) is 87.0 cm³/mol. The van der Waals surface area contributed by atoms with Crippen LogP contribution in [0.15, 0.2) is 24.3 Å². The van der Waals surface area contributed by atoms with E-state index in [0.717, 1.165) is 12.1 Å². The van der Waals surface area contributed by atoms with Gasteiger partial charge in [-0.25, -0.2) is 0 Å². The molecule has 2 nitrogen and oxygen atoms in total. The third-order valence-electron chi connectivity index (χ3n) is 4.08. The summed E-state index contributed by atoms with van der Waals surface area (Å²) in [5.74, 6) is 0. The molecule has 0 bridgehead atoms. The van der Waals surface area contributed by atoms with E-state index in [9.17, 15) is 5.11 Å². The first kappa shape index (κ1) is 17.2. The van der Waals surface area contributed by atoms with Gasteiger partial charge in [0, 0.05) is 12.1 Å². The van der Waals surface area contributed by atoms with Crippen LogP contribution in [0.4, 0.5) is 0 Å². The topological polar surface area (TPSA) is 23.5 Å². The first-order chi connectivity index (χ1) is 9.47. The number of nitrogens with zero attached hydrogens (tertiary/aromatic N) is 1. The van der Waals surface area contributed by atoms with Crippen LogP contribution in [0, 0.1) is 6.92 Å². The summed E-state index contributed by atoms with van der Waals surface area (Å²) in [5.41, 5.74) is 2.25. The van der Waals surface area contributed by atoms with Gasteiger partial charge in [-0.05, 0) is 46.2 Å². The highest BCUT2D eigenvalue weighted by molar-refractivity contribution is 5.24. The van der Waals surface area contributed by atoms with E-state index in [-0.39, 0.29) is 6.04 Å². The molecule has 1 N–H and O–H groups in total. The molecule has 2 atom stereocenters. The molecule has 2 heteroatoms. The van der Waals surface area contributed by atoms with E-state index in [2.05, 4.69) is 51.7 Å². The van der Waals surface area contributed by atoms with Crippen molar-refractivity contribution in [2.75, 3.05) is 6.54 Å². The van der Waals surface area contributed by atoms with Gasteiger partial charge in [0.1, 0.15) is 0 Å². The van der Waals surface area contributed by atoms with E-state index in [0.29, 0.717) is 6.04 Å². The smallest absolute Gasteiger partial charge is 0.0942 e. The number of benzene rings is 1. The van der Waals surface area contributed by atoms with Gasteiger partial charge in [-0.2, -0.15) is 0 Å². The zero-order chi connectivity index (χ0) is 15.1. The van der Waals surface area contributed by atoms with E-state index < -0.39 is 6.10 Å². The molecule has 1 rings (SSSR count).